The van der Waals surface area contributed by atoms with Gasteiger partial charge in [-0.25, -0.2) is 8.42 Å². The molecule has 2 rings (SSSR count). The number of sulfonamides is 1. The van der Waals surface area contributed by atoms with E-state index in [1.807, 2.05) is 4.72 Å². The Balaban J connectivity index is 2.45. The van der Waals surface area contributed by atoms with Crippen LogP contribution in [0.3, 0.4) is 0 Å². The van der Waals surface area contributed by atoms with Crippen molar-refractivity contribution in [2.75, 3.05) is 4.72 Å². The van der Waals surface area contributed by atoms with E-state index in [0.29, 0.717) is 6.07 Å². The molecule has 12 heteroatoms. The third-order valence-electron chi connectivity index (χ3n) is 2.45. The van der Waals surface area contributed by atoms with Gasteiger partial charge in [0.2, 0.25) is 0 Å². The first-order chi connectivity index (χ1) is 10.2. The van der Waals surface area contributed by atoms with E-state index >= 15 is 0 Å². The summed E-state index contributed by atoms with van der Waals surface area (Å²) in [6.07, 6.45) is 0. The molecular weight excluding hydrogens is 358 g/mol. The average molecular weight is 364 g/mol. The Hall–Kier alpha value is -2.24. The Morgan fingerprint density at radius 1 is 1.09 bits per heavy atom. The second-order valence-electron chi connectivity index (χ2n) is 3.88. The van der Waals surface area contributed by atoms with Crippen molar-refractivity contribution in [2.24, 2.45) is 0 Å². The quantitative estimate of drug-likeness (QED) is 0.641. The van der Waals surface area contributed by atoms with E-state index in [0.717, 1.165) is 23.5 Å². The minimum Gasteiger partial charge on any atom is -0.272 e. The molecule has 1 aromatic carbocycles. The fraction of sp³-hybridized carbons (Fsp3) is 0. The molecule has 0 unspecified atom stereocenters. The molecule has 0 saturated heterocycles. The number of hydrogen-bond acceptors (Lipinski definition) is 7. The lowest BCUT2D eigenvalue weighted by Gasteiger charge is -2.06. The van der Waals surface area contributed by atoms with E-state index in [2.05, 4.69) is 0 Å². The zero-order valence-corrected chi connectivity index (χ0v) is 12.8. The van der Waals surface area contributed by atoms with Gasteiger partial charge < -0.3 is 0 Å². The van der Waals surface area contributed by atoms with E-state index in [1.165, 1.54) is 12.1 Å². The number of rotatable bonds is 5. The van der Waals surface area contributed by atoms with Crippen LogP contribution >= 0.6 is 22.9 Å². The molecule has 0 saturated carbocycles. The minimum absolute atomic E-state index is 0.134. The number of hydrogen-bond donors (Lipinski definition) is 1. The zero-order valence-electron chi connectivity index (χ0n) is 10.4. The first-order valence-electron chi connectivity index (χ1n) is 5.42. The summed E-state index contributed by atoms with van der Waals surface area (Å²) >= 11 is 6.42. The van der Waals surface area contributed by atoms with Crippen molar-refractivity contribution in [3.63, 3.8) is 0 Å². The van der Waals surface area contributed by atoms with Crippen molar-refractivity contribution in [1.82, 2.24) is 0 Å². The molecule has 0 fully saturated rings. The maximum Gasteiger partial charge on any atom is 0.300 e. The standard InChI is InChI=1S/C10H6ClN3O6S2/c11-9-3-4-10(21-9)22(19,20)12-7-2-1-6(13(15)16)5-8(7)14(17)18/h1-5,12H. The molecule has 0 bridgehead atoms. The Morgan fingerprint density at radius 3 is 2.27 bits per heavy atom. The van der Waals surface area contributed by atoms with Crippen LogP contribution in [0.25, 0.3) is 0 Å². The number of nitrogens with one attached hydrogen (secondary N) is 1. The second kappa shape index (κ2) is 5.87. The normalized spacial score (nSPS) is 11.1. The second-order valence-corrected chi connectivity index (χ2v) is 7.50. The monoisotopic (exact) mass is 363 g/mol. The van der Waals surface area contributed by atoms with E-state index < -0.39 is 31.2 Å². The number of benzene rings is 1. The van der Waals surface area contributed by atoms with Crippen molar-refractivity contribution in [1.29, 1.82) is 0 Å². The number of nitrogens with zero attached hydrogens (tertiary/aromatic N) is 2. The Morgan fingerprint density at radius 2 is 1.77 bits per heavy atom. The number of thiophene rings is 1. The number of nitro benzene ring substituents is 2. The number of non-ortho nitro benzene ring substituents is 1. The predicted molar refractivity (Wildman–Crippen MR) is 79.9 cm³/mol. The van der Waals surface area contributed by atoms with Gasteiger partial charge in [-0.3, -0.25) is 25.0 Å². The third kappa shape index (κ3) is 3.32. The van der Waals surface area contributed by atoms with Gasteiger partial charge in [0.1, 0.15) is 9.90 Å². The summed E-state index contributed by atoms with van der Waals surface area (Å²) in [5.41, 5.74) is -1.62. The summed E-state index contributed by atoms with van der Waals surface area (Å²) in [4.78, 5) is 19.9. The minimum atomic E-state index is -4.07. The van der Waals surface area contributed by atoms with Crippen LogP contribution in [-0.4, -0.2) is 18.3 Å². The zero-order chi connectivity index (χ0) is 16.5. The molecular formula is C10H6ClN3O6S2. The Kier molecular flexibility index (Phi) is 4.30. The molecule has 1 heterocycles. The fourth-order valence-corrected chi connectivity index (χ4v) is 4.07. The summed E-state index contributed by atoms with van der Waals surface area (Å²) in [5.74, 6) is 0. The number of anilines is 1. The maximum absolute atomic E-state index is 12.1. The fourth-order valence-electron chi connectivity index (χ4n) is 1.51. The van der Waals surface area contributed by atoms with Gasteiger partial charge in [-0.1, -0.05) is 11.6 Å². The molecule has 0 amide bonds. The summed E-state index contributed by atoms with van der Waals surface area (Å²) < 4.78 is 26.3. The molecule has 0 spiro atoms. The molecule has 116 valence electrons. The highest BCUT2D eigenvalue weighted by atomic mass is 35.5. The van der Waals surface area contributed by atoms with Gasteiger partial charge in [-0.15, -0.1) is 11.3 Å². The third-order valence-corrected chi connectivity index (χ3v) is 5.54. The van der Waals surface area contributed by atoms with Crippen molar-refractivity contribution in [3.8, 4) is 0 Å². The summed E-state index contributed by atoms with van der Waals surface area (Å²) in [6, 6.07) is 5.21. The van der Waals surface area contributed by atoms with Gasteiger partial charge in [0.05, 0.1) is 20.2 Å². The molecule has 2 aromatic rings. The predicted octanol–water partition coefficient (Wildman–Crippen LogP) is 3.02. The van der Waals surface area contributed by atoms with Crippen LogP contribution in [0.1, 0.15) is 0 Å². The Bertz CT molecular complexity index is 863. The van der Waals surface area contributed by atoms with Crippen LogP contribution in [0.5, 0.6) is 0 Å². The molecule has 22 heavy (non-hydrogen) atoms. The van der Waals surface area contributed by atoms with Gasteiger partial charge in [-0.2, -0.15) is 0 Å². The topological polar surface area (TPSA) is 132 Å². The van der Waals surface area contributed by atoms with E-state index in [1.54, 1.807) is 0 Å². The van der Waals surface area contributed by atoms with Crippen LogP contribution in [0.2, 0.25) is 4.34 Å². The highest BCUT2D eigenvalue weighted by Gasteiger charge is 2.24. The number of nitro groups is 2. The van der Waals surface area contributed by atoms with Gasteiger partial charge in [0.15, 0.2) is 0 Å². The van der Waals surface area contributed by atoms with Gasteiger partial charge in [-0.05, 0) is 18.2 Å². The van der Waals surface area contributed by atoms with E-state index in [-0.39, 0.29) is 14.2 Å². The molecule has 9 nitrogen and oxygen atoms in total. The highest BCUT2D eigenvalue weighted by Crippen LogP contribution is 2.32. The van der Waals surface area contributed by atoms with Crippen LogP contribution in [0.15, 0.2) is 34.5 Å². The van der Waals surface area contributed by atoms with Crippen LogP contribution in [0, 0.1) is 20.2 Å². The van der Waals surface area contributed by atoms with Gasteiger partial charge in [0.25, 0.3) is 21.4 Å². The molecule has 0 atom stereocenters. The first kappa shape index (κ1) is 16.1. The maximum atomic E-state index is 12.1. The van der Waals surface area contributed by atoms with Crippen molar-refractivity contribution >= 4 is 50.0 Å². The van der Waals surface area contributed by atoms with Crippen LogP contribution in [-0.2, 0) is 10.0 Å². The Labute approximate surface area is 132 Å². The molecule has 0 aliphatic carbocycles. The van der Waals surface area contributed by atoms with Crippen molar-refractivity contribution in [2.45, 2.75) is 4.21 Å². The smallest absolute Gasteiger partial charge is 0.272 e. The van der Waals surface area contributed by atoms with Gasteiger partial charge in [0, 0.05) is 6.07 Å². The molecule has 1 aromatic heterocycles. The molecule has 0 aliphatic rings. The van der Waals surface area contributed by atoms with Gasteiger partial charge >= 0.3 is 0 Å². The lowest BCUT2D eigenvalue weighted by Crippen LogP contribution is -2.12. The SMILES string of the molecule is O=[N+]([O-])c1ccc(NS(=O)(=O)c2ccc(Cl)s2)c([N+](=O)[O-])c1. The summed E-state index contributed by atoms with van der Waals surface area (Å²) in [5, 5.41) is 21.6. The van der Waals surface area contributed by atoms with E-state index in [9.17, 15) is 28.6 Å². The van der Waals surface area contributed by atoms with Crippen LogP contribution < -0.4 is 4.72 Å². The summed E-state index contributed by atoms with van der Waals surface area (Å²) in [7, 11) is -4.07. The average Bonchev–Trinajstić information content (AvgIpc) is 2.85. The lowest BCUT2D eigenvalue weighted by molar-refractivity contribution is -0.393. The highest BCUT2D eigenvalue weighted by molar-refractivity contribution is 7.94. The number of halogens is 1. The molecule has 1 N–H and O–H groups in total. The molecule has 0 radical (unpaired) electrons. The summed E-state index contributed by atoms with van der Waals surface area (Å²) in [6.45, 7) is 0. The first-order valence-corrected chi connectivity index (χ1v) is 8.09. The van der Waals surface area contributed by atoms with Crippen LogP contribution in [0.4, 0.5) is 17.1 Å². The lowest BCUT2D eigenvalue weighted by atomic mass is 10.2. The van der Waals surface area contributed by atoms with Crippen molar-refractivity contribution < 1.29 is 18.3 Å². The largest absolute Gasteiger partial charge is 0.300 e. The molecule has 0 aliphatic heterocycles. The van der Waals surface area contributed by atoms with E-state index in [4.69, 9.17) is 11.6 Å². The van der Waals surface area contributed by atoms with Crippen molar-refractivity contribution in [3.05, 3.63) is 54.9 Å².